The molecule has 8 nitrogen and oxygen atoms in total. The zero-order valence-corrected chi connectivity index (χ0v) is 11.4. The van der Waals surface area contributed by atoms with Gasteiger partial charge in [-0.3, -0.25) is 20.2 Å². The van der Waals surface area contributed by atoms with Crippen molar-refractivity contribution in [3.05, 3.63) is 44.0 Å². The van der Waals surface area contributed by atoms with Crippen LogP contribution in [-0.4, -0.2) is 29.6 Å². The van der Waals surface area contributed by atoms with Crippen molar-refractivity contribution in [2.24, 2.45) is 0 Å². The van der Waals surface area contributed by atoms with Crippen molar-refractivity contribution in [1.29, 1.82) is 0 Å². The standard InChI is InChI=1S/C12H17N3O5/c1-9(5-6-20-2)13-8-10-3-4-11(14(16)17)7-12(10)15(18)19/h3-4,7,9,13H,5-6,8H2,1-2H3. The van der Waals surface area contributed by atoms with Crippen LogP contribution in [0.1, 0.15) is 18.9 Å². The number of ether oxygens (including phenoxy) is 1. The fourth-order valence-electron chi connectivity index (χ4n) is 1.67. The zero-order valence-electron chi connectivity index (χ0n) is 11.4. The number of non-ortho nitro benzene ring substituents is 1. The van der Waals surface area contributed by atoms with E-state index in [4.69, 9.17) is 4.74 Å². The molecule has 0 amide bonds. The molecule has 1 N–H and O–H groups in total. The SMILES string of the molecule is COCCC(C)NCc1ccc([N+](=O)[O-])cc1[N+](=O)[O-]. The van der Waals surface area contributed by atoms with Gasteiger partial charge in [0.1, 0.15) is 0 Å². The Bertz CT molecular complexity index is 492. The van der Waals surface area contributed by atoms with Crippen molar-refractivity contribution in [1.82, 2.24) is 5.32 Å². The predicted molar refractivity (Wildman–Crippen MR) is 72.5 cm³/mol. The molecule has 8 heteroatoms. The van der Waals surface area contributed by atoms with E-state index in [1.54, 1.807) is 7.11 Å². The van der Waals surface area contributed by atoms with E-state index in [1.807, 2.05) is 6.92 Å². The number of hydrogen-bond donors (Lipinski definition) is 1. The minimum Gasteiger partial charge on any atom is -0.385 e. The van der Waals surface area contributed by atoms with E-state index in [9.17, 15) is 20.2 Å². The third-order valence-corrected chi connectivity index (χ3v) is 2.87. The van der Waals surface area contributed by atoms with Crippen molar-refractivity contribution in [3.8, 4) is 0 Å². The van der Waals surface area contributed by atoms with Crippen LogP contribution in [0.15, 0.2) is 18.2 Å². The number of nitro groups is 2. The summed E-state index contributed by atoms with van der Waals surface area (Å²) in [5.41, 5.74) is -0.108. The molecule has 0 aromatic heterocycles. The average Bonchev–Trinajstić information content (AvgIpc) is 2.42. The van der Waals surface area contributed by atoms with E-state index in [0.29, 0.717) is 12.2 Å². The topological polar surface area (TPSA) is 108 Å². The number of benzene rings is 1. The summed E-state index contributed by atoms with van der Waals surface area (Å²) < 4.78 is 4.95. The summed E-state index contributed by atoms with van der Waals surface area (Å²) in [7, 11) is 1.61. The first kappa shape index (κ1) is 16.0. The number of nitro benzene ring substituents is 2. The fourth-order valence-corrected chi connectivity index (χ4v) is 1.67. The first-order valence-corrected chi connectivity index (χ1v) is 6.09. The summed E-state index contributed by atoms with van der Waals surface area (Å²) in [5, 5.41) is 24.7. The Balaban J connectivity index is 2.79. The molecule has 0 saturated heterocycles. The predicted octanol–water partition coefficient (Wildman–Crippen LogP) is 2.02. The maximum absolute atomic E-state index is 10.9. The van der Waals surface area contributed by atoms with Crippen molar-refractivity contribution in [3.63, 3.8) is 0 Å². The summed E-state index contributed by atoms with van der Waals surface area (Å²) in [6, 6.07) is 3.79. The van der Waals surface area contributed by atoms with Gasteiger partial charge in [-0.05, 0) is 19.4 Å². The van der Waals surface area contributed by atoms with Crippen LogP contribution in [0, 0.1) is 20.2 Å². The lowest BCUT2D eigenvalue weighted by Gasteiger charge is -2.13. The Morgan fingerprint density at radius 2 is 2.00 bits per heavy atom. The molecule has 0 heterocycles. The summed E-state index contributed by atoms with van der Waals surface area (Å²) in [4.78, 5) is 20.3. The Labute approximate surface area is 116 Å². The van der Waals surface area contributed by atoms with E-state index in [0.717, 1.165) is 12.5 Å². The van der Waals surface area contributed by atoms with Gasteiger partial charge in [0.15, 0.2) is 0 Å². The largest absolute Gasteiger partial charge is 0.385 e. The third-order valence-electron chi connectivity index (χ3n) is 2.87. The second-order valence-corrected chi connectivity index (χ2v) is 4.39. The van der Waals surface area contributed by atoms with Gasteiger partial charge < -0.3 is 10.1 Å². The van der Waals surface area contributed by atoms with Gasteiger partial charge in [-0.15, -0.1) is 0 Å². The molecule has 0 bridgehead atoms. The van der Waals surface area contributed by atoms with Gasteiger partial charge in [-0.2, -0.15) is 0 Å². The third kappa shape index (κ3) is 4.56. The van der Waals surface area contributed by atoms with E-state index in [2.05, 4.69) is 5.32 Å². The summed E-state index contributed by atoms with van der Waals surface area (Å²) in [6.45, 7) is 2.81. The minimum atomic E-state index is -0.647. The van der Waals surface area contributed by atoms with E-state index >= 15 is 0 Å². The highest BCUT2D eigenvalue weighted by Crippen LogP contribution is 2.24. The maximum Gasteiger partial charge on any atom is 0.280 e. The molecule has 0 radical (unpaired) electrons. The molecule has 0 saturated carbocycles. The molecule has 20 heavy (non-hydrogen) atoms. The minimum absolute atomic E-state index is 0.129. The Morgan fingerprint density at radius 1 is 1.30 bits per heavy atom. The van der Waals surface area contributed by atoms with Gasteiger partial charge in [0.2, 0.25) is 0 Å². The van der Waals surface area contributed by atoms with Crippen LogP contribution in [0.2, 0.25) is 0 Å². The molecular weight excluding hydrogens is 266 g/mol. The molecular formula is C12H17N3O5. The maximum atomic E-state index is 10.9. The van der Waals surface area contributed by atoms with Gasteiger partial charge in [-0.25, -0.2) is 0 Å². The van der Waals surface area contributed by atoms with Gasteiger partial charge in [0.25, 0.3) is 11.4 Å². The first-order chi connectivity index (χ1) is 9.45. The highest BCUT2D eigenvalue weighted by molar-refractivity contribution is 5.49. The molecule has 1 aromatic carbocycles. The molecule has 0 fully saturated rings. The van der Waals surface area contributed by atoms with Crippen LogP contribution < -0.4 is 5.32 Å². The molecule has 0 aliphatic rings. The summed E-state index contributed by atoms with van der Waals surface area (Å²) >= 11 is 0. The Morgan fingerprint density at radius 3 is 2.55 bits per heavy atom. The number of nitrogens with zero attached hydrogens (tertiary/aromatic N) is 2. The number of hydrogen-bond acceptors (Lipinski definition) is 6. The van der Waals surface area contributed by atoms with Gasteiger partial charge in [0, 0.05) is 37.9 Å². The lowest BCUT2D eigenvalue weighted by Crippen LogP contribution is -2.27. The fraction of sp³-hybridized carbons (Fsp3) is 0.500. The molecule has 1 aromatic rings. The van der Waals surface area contributed by atoms with Crippen molar-refractivity contribution < 1.29 is 14.6 Å². The molecule has 1 unspecified atom stereocenters. The van der Waals surface area contributed by atoms with Crippen molar-refractivity contribution in [2.75, 3.05) is 13.7 Å². The smallest absolute Gasteiger partial charge is 0.280 e. The lowest BCUT2D eigenvalue weighted by atomic mass is 10.1. The van der Waals surface area contributed by atoms with Crippen LogP contribution in [0.25, 0.3) is 0 Å². The van der Waals surface area contributed by atoms with Crippen LogP contribution in [0.4, 0.5) is 11.4 Å². The lowest BCUT2D eigenvalue weighted by molar-refractivity contribution is -0.394. The highest BCUT2D eigenvalue weighted by Gasteiger charge is 2.19. The molecule has 0 aliphatic carbocycles. The second kappa shape index (κ2) is 7.51. The van der Waals surface area contributed by atoms with Crippen molar-refractivity contribution >= 4 is 11.4 Å². The Hall–Kier alpha value is -2.06. The summed E-state index contributed by atoms with van der Waals surface area (Å²) in [6.07, 6.45) is 0.775. The van der Waals surface area contributed by atoms with Crippen LogP contribution in [0.5, 0.6) is 0 Å². The van der Waals surface area contributed by atoms with Crippen LogP contribution in [-0.2, 0) is 11.3 Å². The number of rotatable bonds is 8. The Kier molecular flexibility index (Phi) is 6.01. The van der Waals surface area contributed by atoms with E-state index < -0.39 is 9.85 Å². The van der Waals surface area contributed by atoms with Crippen LogP contribution in [0.3, 0.4) is 0 Å². The quantitative estimate of drug-likeness (QED) is 0.577. The number of nitrogens with one attached hydrogen (secondary N) is 1. The summed E-state index contributed by atoms with van der Waals surface area (Å²) in [5.74, 6) is 0. The van der Waals surface area contributed by atoms with Gasteiger partial charge in [0.05, 0.1) is 15.9 Å². The van der Waals surface area contributed by atoms with E-state index in [-0.39, 0.29) is 24.0 Å². The van der Waals surface area contributed by atoms with Gasteiger partial charge >= 0.3 is 0 Å². The van der Waals surface area contributed by atoms with Gasteiger partial charge in [-0.1, -0.05) is 0 Å². The highest BCUT2D eigenvalue weighted by atomic mass is 16.6. The second-order valence-electron chi connectivity index (χ2n) is 4.39. The van der Waals surface area contributed by atoms with Crippen molar-refractivity contribution in [2.45, 2.75) is 25.9 Å². The molecule has 0 aliphatic heterocycles. The molecule has 1 rings (SSSR count). The molecule has 0 spiro atoms. The number of methoxy groups -OCH3 is 1. The average molecular weight is 283 g/mol. The monoisotopic (exact) mass is 283 g/mol. The zero-order chi connectivity index (χ0) is 15.1. The first-order valence-electron chi connectivity index (χ1n) is 6.09. The molecule has 1 atom stereocenters. The molecule has 110 valence electrons. The van der Waals surface area contributed by atoms with E-state index in [1.165, 1.54) is 12.1 Å². The van der Waals surface area contributed by atoms with Crippen LogP contribution >= 0.6 is 0 Å². The normalized spacial score (nSPS) is 12.1.